The van der Waals surface area contributed by atoms with Gasteiger partial charge in [-0.15, -0.1) is 0 Å². The van der Waals surface area contributed by atoms with Crippen molar-refractivity contribution in [1.29, 1.82) is 0 Å². The van der Waals surface area contributed by atoms with Crippen LogP contribution in [0.2, 0.25) is 0 Å². The highest BCUT2D eigenvalue weighted by atomic mass is 32.1. The second-order valence-electron chi connectivity index (χ2n) is 4.35. The molecule has 1 aliphatic rings. The van der Waals surface area contributed by atoms with Gasteiger partial charge in [0.2, 0.25) is 0 Å². The normalized spacial score (nSPS) is 37.4. The average molecular weight is 186 g/mol. The van der Waals surface area contributed by atoms with E-state index in [4.69, 9.17) is 0 Å². The fourth-order valence-corrected chi connectivity index (χ4v) is 2.03. The van der Waals surface area contributed by atoms with E-state index in [1.54, 1.807) is 0 Å². The maximum absolute atomic E-state index is 11.7. The standard InChI is InChI=1S/C10H18OS/c1-7(2)10(12)5-4-8(3)6-9(10)11/h7-8,12H,4-6H2,1-3H3/t8-,10?/m0/s1. The van der Waals surface area contributed by atoms with Crippen molar-refractivity contribution in [3.8, 4) is 0 Å². The number of thiol groups is 1. The zero-order valence-electron chi connectivity index (χ0n) is 8.13. The Kier molecular flexibility index (Phi) is 2.87. The second-order valence-corrected chi connectivity index (χ2v) is 5.15. The van der Waals surface area contributed by atoms with Gasteiger partial charge < -0.3 is 0 Å². The van der Waals surface area contributed by atoms with Crippen molar-refractivity contribution < 1.29 is 4.79 Å². The lowest BCUT2D eigenvalue weighted by molar-refractivity contribution is -0.125. The first-order chi connectivity index (χ1) is 5.47. The summed E-state index contributed by atoms with van der Waals surface area (Å²) in [4.78, 5) is 11.7. The molecular weight excluding hydrogens is 168 g/mol. The molecule has 0 bridgehead atoms. The number of ketones is 1. The van der Waals surface area contributed by atoms with Crippen LogP contribution in [0, 0.1) is 11.8 Å². The fourth-order valence-electron chi connectivity index (χ4n) is 1.81. The van der Waals surface area contributed by atoms with Gasteiger partial charge in [-0.05, 0) is 24.7 Å². The van der Waals surface area contributed by atoms with Gasteiger partial charge in [-0.3, -0.25) is 4.79 Å². The van der Waals surface area contributed by atoms with E-state index in [0.29, 0.717) is 17.6 Å². The highest BCUT2D eigenvalue weighted by Gasteiger charge is 2.40. The Morgan fingerprint density at radius 3 is 2.58 bits per heavy atom. The van der Waals surface area contributed by atoms with E-state index in [1.807, 2.05) is 0 Å². The van der Waals surface area contributed by atoms with Crippen molar-refractivity contribution in [3.63, 3.8) is 0 Å². The molecule has 0 aromatic rings. The first kappa shape index (κ1) is 10.1. The van der Waals surface area contributed by atoms with Crippen LogP contribution in [-0.4, -0.2) is 10.5 Å². The quantitative estimate of drug-likeness (QED) is 0.623. The van der Waals surface area contributed by atoms with E-state index >= 15 is 0 Å². The van der Waals surface area contributed by atoms with Crippen molar-refractivity contribution in [2.45, 2.75) is 44.8 Å². The number of Topliss-reactive ketones (excluding diaryl/α,β-unsaturated/α-hetero) is 1. The number of carbonyl (C=O) groups excluding carboxylic acids is 1. The van der Waals surface area contributed by atoms with Crippen molar-refractivity contribution in [2.24, 2.45) is 11.8 Å². The molecule has 1 rings (SSSR count). The lowest BCUT2D eigenvalue weighted by Crippen LogP contribution is -2.42. The van der Waals surface area contributed by atoms with E-state index in [2.05, 4.69) is 33.4 Å². The molecule has 0 aromatic carbocycles. The monoisotopic (exact) mass is 186 g/mol. The summed E-state index contributed by atoms with van der Waals surface area (Å²) in [5.41, 5.74) is 0. The Balaban J connectivity index is 2.73. The predicted octanol–water partition coefficient (Wildman–Crippen LogP) is 2.70. The third kappa shape index (κ3) is 1.68. The highest BCUT2D eigenvalue weighted by molar-refractivity contribution is 7.82. The number of hydrogen-bond donors (Lipinski definition) is 1. The topological polar surface area (TPSA) is 17.1 Å². The van der Waals surface area contributed by atoms with Crippen LogP contribution in [0.3, 0.4) is 0 Å². The van der Waals surface area contributed by atoms with Gasteiger partial charge in [-0.1, -0.05) is 20.8 Å². The van der Waals surface area contributed by atoms with Crippen LogP contribution in [0.5, 0.6) is 0 Å². The SMILES string of the molecule is CC(C)C1(S)CC[C@H](C)CC1=O. The molecular formula is C10H18OS. The molecule has 1 nitrogen and oxygen atoms in total. The first-order valence-electron chi connectivity index (χ1n) is 4.72. The Morgan fingerprint density at radius 1 is 1.58 bits per heavy atom. The summed E-state index contributed by atoms with van der Waals surface area (Å²) in [5, 5.41) is 0. The van der Waals surface area contributed by atoms with Crippen LogP contribution in [0.25, 0.3) is 0 Å². The molecule has 0 aliphatic heterocycles. The fraction of sp³-hybridized carbons (Fsp3) is 0.900. The van der Waals surface area contributed by atoms with Gasteiger partial charge >= 0.3 is 0 Å². The van der Waals surface area contributed by atoms with E-state index in [-0.39, 0.29) is 4.75 Å². The molecule has 70 valence electrons. The molecule has 12 heavy (non-hydrogen) atoms. The van der Waals surface area contributed by atoms with Crippen molar-refractivity contribution in [1.82, 2.24) is 0 Å². The summed E-state index contributed by atoms with van der Waals surface area (Å²) in [6.07, 6.45) is 2.82. The van der Waals surface area contributed by atoms with Crippen molar-refractivity contribution >= 4 is 18.4 Å². The third-order valence-electron chi connectivity index (χ3n) is 2.99. The molecule has 1 fully saturated rings. The summed E-state index contributed by atoms with van der Waals surface area (Å²) in [7, 11) is 0. The van der Waals surface area contributed by atoms with Gasteiger partial charge in [0, 0.05) is 6.42 Å². The van der Waals surface area contributed by atoms with E-state index in [9.17, 15) is 4.79 Å². The van der Waals surface area contributed by atoms with Crippen LogP contribution >= 0.6 is 12.6 Å². The minimum absolute atomic E-state index is 0.327. The zero-order valence-corrected chi connectivity index (χ0v) is 9.03. The smallest absolute Gasteiger partial charge is 0.149 e. The summed E-state index contributed by atoms with van der Waals surface area (Å²) < 4.78 is -0.327. The number of hydrogen-bond acceptors (Lipinski definition) is 2. The Morgan fingerprint density at radius 2 is 2.17 bits per heavy atom. The van der Waals surface area contributed by atoms with Crippen LogP contribution in [0.4, 0.5) is 0 Å². The molecule has 0 amide bonds. The minimum atomic E-state index is -0.327. The molecule has 0 spiro atoms. The van der Waals surface area contributed by atoms with Crippen molar-refractivity contribution in [2.75, 3.05) is 0 Å². The van der Waals surface area contributed by atoms with E-state index in [0.717, 1.165) is 19.3 Å². The molecule has 2 atom stereocenters. The van der Waals surface area contributed by atoms with E-state index < -0.39 is 0 Å². The van der Waals surface area contributed by atoms with Gasteiger partial charge in [0.1, 0.15) is 5.78 Å². The molecule has 1 aliphatic carbocycles. The van der Waals surface area contributed by atoms with Gasteiger partial charge in [-0.2, -0.15) is 12.6 Å². The maximum atomic E-state index is 11.7. The molecule has 0 N–H and O–H groups in total. The number of carbonyl (C=O) groups is 1. The van der Waals surface area contributed by atoms with Crippen LogP contribution in [0.1, 0.15) is 40.0 Å². The average Bonchev–Trinajstić information content (AvgIpc) is 1.97. The lowest BCUT2D eigenvalue weighted by atomic mass is 9.76. The van der Waals surface area contributed by atoms with Gasteiger partial charge in [0.15, 0.2) is 0 Å². The maximum Gasteiger partial charge on any atom is 0.149 e. The lowest BCUT2D eigenvalue weighted by Gasteiger charge is -2.37. The molecule has 0 saturated heterocycles. The zero-order chi connectivity index (χ0) is 9.35. The van der Waals surface area contributed by atoms with Gasteiger partial charge in [0.05, 0.1) is 4.75 Å². The molecule has 2 heteroatoms. The molecule has 0 radical (unpaired) electrons. The summed E-state index contributed by atoms with van der Waals surface area (Å²) in [6, 6.07) is 0. The molecule has 0 heterocycles. The largest absolute Gasteiger partial charge is 0.298 e. The van der Waals surface area contributed by atoms with Crippen LogP contribution in [-0.2, 0) is 4.79 Å². The second kappa shape index (κ2) is 3.41. The highest BCUT2D eigenvalue weighted by Crippen LogP contribution is 2.38. The van der Waals surface area contributed by atoms with E-state index in [1.165, 1.54) is 0 Å². The Hall–Kier alpha value is 0.0200. The summed E-state index contributed by atoms with van der Waals surface area (Å²) in [5.74, 6) is 1.27. The Labute approximate surface area is 80.3 Å². The van der Waals surface area contributed by atoms with Gasteiger partial charge in [0.25, 0.3) is 0 Å². The summed E-state index contributed by atoms with van der Waals surface area (Å²) >= 11 is 4.53. The molecule has 0 aromatic heterocycles. The third-order valence-corrected chi connectivity index (χ3v) is 3.98. The Bertz CT molecular complexity index is 188. The molecule has 1 unspecified atom stereocenters. The summed E-state index contributed by atoms with van der Waals surface area (Å²) in [6.45, 7) is 6.31. The van der Waals surface area contributed by atoms with Gasteiger partial charge in [-0.25, -0.2) is 0 Å². The molecule has 1 saturated carbocycles. The number of rotatable bonds is 1. The van der Waals surface area contributed by atoms with Crippen LogP contribution < -0.4 is 0 Å². The minimum Gasteiger partial charge on any atom is -0.298 e. The van der Waals surface area contributed by atoms with Crippen molar-refractivity contribution in [3.05, 3.63) is 0 Å². The van der Waals surface area contributed by atoms with Crippen LogP contribution in [0.15, 0.2) is 0 Å². The first-order valence-corrected chi connectivity index (χ1v) is 5.17. The predicted molar refractivity (Wildman–Crippen MR) is 54.6 cm³/mol.